The van der Waals surface area contributed by atoms with Crippen LogP contribution >= 0.6 is 0 Å². The van der Waals surface area contributed by atoms with Crippen LogP contribution < -0.4 is 10.1 Å². The first kappa shape index (κ1) is 19.6. The molecule has 3 rings (SSSR count). The zero-order valence-corrected chi connectivity index (χ0v) is 16.3. The van der Waals surface area contributed by atoms with Gasteiger partial charge in [0.1, 0.15) is 23.4 Å². The minimum absolute atomic E-state index is 0.184. The molecule has 0 unspecified atom stereocenters. The summed E-state index contributed by atoms with van der Waals surface area (Å²) in [6.45, 7) is 4.27. The number of hydrogen-bond donors (Lipinski definition) is 1. The number of rotatable bonds is 7. The third-order valence-corrected chi connectivity index (χ3v) is 4.75. The number of aromatic nitrogens is 2. The minimum atomic E-state index is -0.538. The Labute approximate surface area is 164 Å². The van der Waals surface area contributed by atoms with Crippen LogP contribution in [0.5, 0.6) is 5.75 Å². The van der Waals surface area contributed by atoms with Crippen molar-refractivity contribution in [3.05, 3.63) is 83.2 Å². The maximum Gasteiger partial charge on any atom is 0.224 e. The van der Waals surface area contributed by atoms with E-state index in [1.165, 1.54) is 12.1 Å². The molecule has 0 saturated carbocycles. The van der Waals surface area contributed by atoms with Gasteiger partial charge >= 0.3 is 0 Å². The van der Waals surface area contributed by atoms with E-state index in [0.29, 0.717) is 11.4 Å². The summed E-state index contributed by atoms with van der Waals surface area (Å²) < 4.78 is 21.3. The van der Waals surface area contributed by atoms with Crippen LogP contribution in [0, 0.1) is 19.7 Å². The van der Waals surface area contributed by atoms with Crippen LogP contribution in [0.25, 0.3) is 0 Å². The molecule has 28 heavy (non-hydrogen) atoms. The smallest absolute Gasteiger partial charge is 0.224 e. The highest BCUT2D eigenvalue weighted by atomic mass is 19.1. The SMILES string of the molecule is Cc1cccc(OCCC(=O)N[C@H](c2cccc(F)c2)c2nccn2C)c1C. The fourth-order valence-corrected chi connectivity index (χ4v) is 3.01. The van der Waals surface area contributed by atoms with Crippen molar-refractivity contribution < 1.29 is 13.9 Å². The van der Waals surface area contributed by atoms with Gasteiger partial charge in [-0.15, -0.1) is 0 Å². The van der Waals surface area contributed by atoms with Crippen molar-refractivity contribution >= 4 is 5.91 Å². The van der Waals surface area contributed by atoms with E-state index in [1.807, 2.05) is 43.7 Å². The number of ether oxygens (including phenoxy) is 1. The third kappa shape index (κ3) is 4.57. The fourth-order valence-electron chi connectivity index (χ4n) is 3.01. The highest BCUT2D eigenvalue weighted by molar-refractivity contribution is 5.77. The Morgan fingerprint density at radius 1 is 1.25 bits per heavy atom. The molecule has 3 aromatic rings. The average molecular weight is 381 g/mol. The number of imidazole rings is 1. The maximum atomic E-state index is 13.7. The third-order valence-electron chi connectivity index (χ3n) is 4.75. The number of carbonyl (C=O) groups excluding carboxylic acids is 1. The van der Waals surface area contributed by atoms with Crippen LogP contribution in [0.2, 0.25) is 0 Å². The van der Waals surface area contributed by atoms with Crippen molar-refractivity contribution in [1.82, 2.24) is 14.9 Å². The van der Waals surface area contributed by atoms with Gasteiger partial charge in [0, 0.05) is 19.4 Å². The van der Waals surface area contributed by atoms with Crippen molar-refractivity contribution in [2.75, 3.05) is 6.61 Å². The molecule has 1 aromatic heterocycles. The maximum absolute atomic E-state index is 13.7. The number of nitrogens with zero attached hydrogens (tertiary/aromatic N) is 2. The lowest BCUT2D eigenvalue weighted by atomic mass is 10.1. The first-order chi connectivity index (χ1) is 13.5. The van der Waals surface area contributed by atoms with Gasteiger partial charge in [0.15, 0.2) is 0 Å². The van der Waals surface area contributed by atoms with Gasteiger partial charge in [-0.2, -0.15) is 0 Å². The molecule has 0 aliphatic rings. The molecular formula is C22H24FN3O2. The lowest BCUT2D eigenvalue weighted by molar-refractivity contribution is -0.122. The van der Waals surface area contributed by atoms with Crippen LogP contribution in [0.1, 0.15) is 35.0 Å². The van der Waals surface area contributed by atoms with Crippen LogP contribution in [-0.2, 0) is 11.8 Å². The van der Waals surface area contributed by atoms with Gasteiger partial charge in [-0.25, -0.2) is 9.37 Å². The fraction of sp³-hybridized carbons (Fsp3) is 0.273. The van der Waals surface area contributed by atoms with Crippen LogP contribution in [0.4, 0.5) is 4.39 Å². The second-order valence-electron chi connectivity index (χ2n) is 6.75. The van der Waals surface area contributed by atoms with Crippen LogP contribution in [-0.4, -0.2) is 22.1 Å². The number of halogens is 1. The summed E-state index contributed by atoms with van der Waals surface area (Å²) in [7, 11) is 1.84. The Bertz CT molecular complexity index is 968. The van der Waals surface area contributed by atoms with E-state index in [9.17, 15) is 9.18 Å². The highest BCUT2D eigenvalue weighted by Crippen LogP contribution is 2.22. The standard InChI is InChI=1S/C22H24FN3O2/c1-15-6-4-9-19(16(15)2)28-13-10-20(27)25-21(22-24-11-12-26(22)3)17-7-5-8-18(23)14-17/h4-9,11-12,14,21H,10,13H2,1-3H3,(H,25,27)/t21-/m1/s1. The predicted molar refractivity (Wildman–Crippen MR) is 106 cm³/mol. The monoisotopic (exact) mass is 381 g/mol. The highest BCUT2D eigenvalue weighted by Gasteiger charge is 2.21. The van der Waals surface area contributed by atoms with Crippen molar-refractivity contribution in [2.45, 2.75) is 26.3 Å². The normalized spacial score (nSPS) is 11.9. The summed E-state index contributed by atoms with van der Waals surface area (Å²) >= 11 is 0. The van der Waals surface area contributed by atoms with E-state index in [1.54, 1.807) is 24.5 Å². The molecule has 0 saturated heterocycles. The Kier molecular flexibility index (Phi) is 6.09. The van der Waals surface area contributed by atoms with Crippen molar-refractivity contribution in [3.63, 3.8) is 0 Å². The van der Waals surface area contributed by atoms with Gasteiger partial charge in [-0.3, -0.25) is 4.79 Å². The number of benzene rings is 2. The molecule has 0 bridgehead atoms. The molecule has 0 aliphatic heterocycles. The molecular weight excluding hydrogens is 357 g/mol. The number of amides is 1. The van der Waals surface area contributed by atoms with Gasteiger partial charge in [-0.05, 0) is 48.7 Å². The summed E-state index contributed by atoms with van der Waals surface area (Å²) in [4.78, 5) is 16.9. The molecule has 0 radical (unpaired) electrons. The van der Waals surface area contributed by atoms with E-state index in [2.05, 4.69) is 10.3 Å². The largest absolute Gasteiger partial charge is 0.493 e. The quantitative estimate of drug-likeness (QED) is 0.676. The molecule has 1 amide bonds. The van der Waals surface area contributed by atoms with E-state index in [-0.39, 0.29) is 24.8 Å². The van der Waals surface area contributed by atoms with E-state index in [4.69, 9.17) is 4.74 Å². The van der Waals surface area contributed by atoms with Crippen molar-refractivity contribution in [2.24, 2.45) is 7.05 Å². The van der Waals surface area contributed by atoms with Gasteiger partial charge in [0.25, 0.3) is 0 Å². The first-order valence-corrected chi connectivity index (χ1v) is 9.17. The number of carbonyl (C=O) groups is 1. The van der Waals surface area contributed by atoms with Crippen LogP contribution in [0.15, 0.2) is 54.9 Å². The van der Waals surface area contributed by atoms with Gasteiger partial charge in [0.05, 0.1) is 13.0 Å². The minimum Gasteiger partial charge on any atom is -0.493 e. The second kappa shape index (κ2) is 8.69. The molecule has 0 aliphatic carbocycles. The Balaban J connectivity index is 1.68. The van der Waals surface area contributed by atoms with Gasteiger partial charge < -0.3 is 14.6 Å². The molecule has 1 N–H and O–H groups in total. The van der Waals surface area contributed by atoms with E-state index < -0.39 is 6.04 Å². The molecule has 1 atom stereocenters. The summed E-state index contributed by atoms with van der Waals surface area (Å²) in [6.07, 6.45) is 3.62. The van der Waals surface area contributed by atoms with Crippen LogP contribution in [0.3, 0.4) is 0 Å². The number of aryl methyl sites for hydroxylation is 2. The van der Waals surface area contributed by atoms with Gasteiger partial charge in [0.2, 0.25) is 5.91 Å². The van der Waals surface area contributed by atoms with Gasteiger partial charge in [-0.1, -0.05) is 24.3 Å². The molecule has 5 nitrogen and oxygen atoms in total. The molecule has 6 heteroatoms. The molecule has 2 aromatic carbocycles. The van der Waals surface area contributed by atoms with Crippen molar-refractivity contribution in [3.8, 4) is 5.75 Å². The predicted octanol–water partition coefficient (Wildman–Crippen LogP) is 3.85. The molecule has 1 heterocycles. The zero-order valence-electron chi connectivity index (χ0n) is 16.3. The Hall–Kier alpha value is -3.15. The van der Waals surface area contributed by atoms with E-state index in [0.717, 1.165) is 16.9 Å². The topological polar surface area (TPSA) is 56.1 Å². The lowest BCUT2D eigenvalue weighted by Crippen LogP contribution is -2.32. The molecule has 146 valence electrons. The second-order valence-corrected chi connectivity index (χ2v) is 6.75. The van der Waals surface area contributed by atoms with Crippen molar-refractivity contribution in [1.29, 1.82) is 0 Å². The molecule has 0 spiro atoms. The summed E-state index contributed by atoms with van der Waals surface area (Å²) in [5.74, 6) is 0.861. The Morgan fingerprint density at radius 2 is 2.04 bits per heavy atom. The summed E-state index contributed by atoms with van der Waals surface area (Å²) in [5, 5.41) is 2.95. The Morgan fingerprint density at radius 3 is 2.75 bits per heavy atom. The average Bonchev–Trinajstić information content (AvgIpc) is 3.09. The number of hydrogen-bond acceptors (Lipinski definition) is 3. The lowest BCUT2D eigenvalue weighted by Gasteiger charge is -2.19. The zero-order chi connectivity index (χ0) is 20.1. The first-order valence-electron chi connectivity index (χ1n) is 9.17. The summed E-state index contributed by atoms with van der Waals surface area (Å²) in [5.41, 5.74) is 2.84. The number of nitrogens with one attached hydrogen (secondary N) is 1. The van der Waals surface area contributed by atoms with E-state index >= 15 is 0 Å². The molecule has 0 fully saturated rings. The summed E-state index contributed by atoms with van der Waals surface area (Å²) in [6, 6.07) is 11.5.